The molecule has 2 N–H and O–H groups in total. The van der Waals surface area contributed by atoms with Crippen molar-refractivity contribution in [2.75, 3.05) is 31.2 Å². The maximum absolute atomic E-state index is 5.50. The lowest BCUT2D eigenvalue weighted by Crippen LogP contribution is -2.37. The van der Waals surface area contributed by atoms with E-state index in [-0.39, 0.29) is 0 Å². The summed E-state index contributed by atoms with van der Waals surface area (Å²) in [6.07, 6.45) is 3.47. The number of ether oxygens (including phenoxy) is 1. The third-order valence-corrected chi connectivity index (χ3v) is 2.22. The molecule has 1 aliphatic rings. The van der Waals surface area contributed by atoms with Crippen molar-refractivity contribution in [3.63, 3.8) is 0 Å². The van der Waals surface area contributed by atoms with E-state index in [0.29, 0.717) is 6.54 Å². The van der Waals surface area contributed by atoms with Gasteiger partial charge in [0.15, 0.2) is 0 Å². The van der Waals surface area contributed by atoms with Gasteiger partial charge in [0.05, 0.1) is 25.1 Å². The summed E-state index contributed by atoms with van der Waals surface area (Å²) < 4.78 is 5.26. The Balaban J connectivity index is 2.13. The van der Waals surface area contributed by atoms with Gasteiger partial charge in [-0.2, -0.15) is 0 Å². The Morgan fingerprint density at radius 1 is 1.36 bits per heavy atom. The van der Waals surface area contributed by atoms with Crippen LogP contribution in [0.2, 0.25) is 0 Å². The predicted molar refractivity (Wildman–Crippen MR) is 53.0 cm³/mol. The molecule has 0 saturated carbocycles. The van der Waals surface area contributed by atoms with E-state index in [9.17, 15) is 0 Å². The smallest absolute Gasteiger partial charge is 0.147 e. The highest BCUT2D eigenvalue weighted by molar-refractivity contribution is 5.36. The average Bonchev–Trinajstić information content (AvgIpc) is 2.30. The third-order valence-electron chi connectivity index (χ3n) is 2.22. The fourth-order valence-corrected chi connectivity index (χ4v) is 1.44. The molecule has 5 heteroatoms. The molecule has 2 rings (SSSR count). The minimum Gasteiger partial charge on any atom is -0.378 e. The molecule has 0 radical (unpaired) electrons. The van der Waals surface area contributed by atoms with Crippen LogP contribution in [0.4, 0.5) is 5.82 Å². The van der Waals surface area contributed by atoms with E-state index in [1.807, 2.05) is 0 Å². The number of anilines is 1. The van der Waals surface area contributed by atoms with Crippen molar-refractivity contribution < 1.29 is 4.74 Å². The summed E-state index contributed by atoms with van der Waals surface area (Å²) in [6.45, 7) is 3.71. The SMILES string of the molecule is NCc1cncc(N2CCOCC2)n1. The van der Waals surface area contributed by atoms with Crippen molar-refractivity contribution in [2.45, 2.75) is 6.54 Å². The highest BCUT2D eigenvalue weighted by Crippen LogP contribution is 2.11. The van der Waals surface area contributed by atoms with Gasteiger partial charge in [-0.15, -0.1) is 0 Å². The van der Waals surface area contributed by atoms with E-state index < -0.39 is 0 Å². The lowest BCUT2D eigenvalue weighted by molar-refractivity contribution is 0.122. The quantitative estimate of drug-likeness (QED) is 0.704. The molecule has 0 amide bonds. The van der Waals surface area contributed by atoms with E-state index in [1.165, 1.54) is 0 Å². The van der Waals surface area contributed by atoms with Gasteiger partial charge < -0.3 is 15.4 Å². The highest BCUT2D eigenvalue weighted by Gasteiger charge is 2.12. The topological polar surface area (TPSA) is 64.3 Å². The largest absolute Gasteiger partial charge is 0.378 e. The summed E-state index contributed by atoms with van der Waals surface area (Å²) in [5.41, 5.74) is 6.33. The molecular formula is C9H14N4O. The molecule has 14 heavy (non-hydrogen) atoms. The summed E-state index contributed by atoms with van der Waals surface area (Å²) in [6, 6.07) is 0. The van der Waals surface area contributed by atoms with E-state index in [4.69, 9.17) is 10.5 Å². The van der Waals surface area contributed by atoms with Crippen LogP contribution in [-0.2, 0) is 11.3 Å². The maximum atomic E-state index is 5.50. The van der Waals surface area contributed by atoms with Gasteiger partial charge in [-0.25, -0.2) is 4.98 Å². The molecule has 0 bridgehead atoms. The Kier molecular flexibility index (Phi) is 2.90. The molecule has 5 nitrogen and oxygen atoms in total. The lowest BCUT2D eigenvalue weighted by atomic mass is 10.4. The average molecular weight is 194 g/mol. The monoisotopic (exact) mass is 194 g/mol. The molecule has 1 fully saturated rings. The van der Waals surface area contributed by atoms with Crippen LogP contribution in [0.25, 0.3) is 0 Å². The molecule has 0 atom stereocenters. The molecule has 1 aromatic rings. The van der Waals surface area contributed by atoms with Crippen molar-refractivity contribution in [2.24, 2.45) is 5.73 Å². The Labute approximate surface area is 82.9 Å². The van der Waals surface area contributed by atoms with Gasteiger partial charge in [-0.05, 0) is 0 Å². The van der Waals surface area contributed by atoms with Crippen molar-refractivity contribution in [1.82, 2.24) is 9.97 Å². The van der Waals surface area contributed by atoms with Crippen LogP contribution in [0.1, 0.15) is 5.69 Å². The van der Waals surface area contributed by atoms with E-state index in [2.05, 4.69) is 14.9 Å². The Hall–Kier alpha value is -1.20. The summed E-state index contributed by atoms with van der Waals surface area (Å²) in [5, 5.41) is 0. The summed E-state index contributed by atoms with van der Waals surface area (Å²) in [4.78, 5) is 10.7. The molecule has 1 aromatic heterocycles. The van der Waals surface area contributed by atoms with Gasteiger partial charge in [0, 0.05) is 25.8 Å². The van der Waals surface area contributed by atoms with E-state index in [0.717, 1.165) is 37.8 Å². The Morgan fingerprint density at radius 2 is 2.14 bits per heavy atom. The second-order valence-electron chi connectivity index (χ2n) is 3.17. The number of hydrogen-bond donors (Lipinski definition) is 1. The van der Waals surface area contributed by atoms with E-state index >= 15 is 0 Å². The van der Waals surface area contributed by atoms with Crippen molar-refractivity contribution in [3.05, 3.63) is 18.1 Å². The molecule has 76 valence electrons. The Morgan fingerprint density at radius 3 is 2.86 bits per heavy atom. The maximum Gasteiger partial charge on any atom is 0.147 e. The molecule has 2 heterocycles. The van der Waals surface area contributed by atoms with Gasteiger partial charge in [-0.3, -0.25) is 4.98 Å². The van der Waals surface area contributed by atoms with Crippen molar-refractivity contribution >= 4 is 5.82 Å². The van der Waals surface area contributed by atoms with Crippen LogP contribution in [0, 0.1) is 0 Å². The fraction of sp³-hybridized carbons (Fsp3) is 0.556. The second kappa shape index (κ2) is 4.34. The lowest BCUT2D eigenvalue weighted by Gasteiger charge is -2.27. The standard InChI is InChI=1S/C9H14N4O/c10-5-8-6-11-7-9(12-8)13-1-3-14-4-2-13/h6-7H,1-5,10H2. The summed E-state index contributed by atoms with van der Waals surface area (Å²) >= 11 is 0. The van der Waals surface area contributed by atoms with Crippen LogP contribution in [0.5, 0.6) is 0 Å². The summed E-state index contributed by atoms with van der Waals surface area (Å²) in [5.74, 6) is 0.899. The van der Waals surface area contributed by atoms with Gasteiger partial charge >= 0.3 is 0 Å². The molecule has 0 aliphatic carbocycles. The zero-order valence-electron chi connectivity index (χ0n) is 8.02. The number of nitrogens with two attached hydrogens (primary N) is 1. The van der Waals surface area contributed by atoms with Crippen LogP contribution in [-0.4, -0.2) is 36.3 Å². The predicted octanol–water partition coefficient (Wildman–Crippen LogP) is -0.228. The second-order valence-corrected chi connectivity index (χ2v) is 3.17. The van der Waals surface area contributed by atoms with Crippen molar-refractivity contribution in [1.29, 1.82) is 0 Å². The zero-order valence-corrected chi connectivity index (χ0v) is 8.02. The molecule has 0 unspecified atom stereocenters. The van der Waals surface area contributed by atoms with Crippen LogP contribution < -0.4 is 10.6 Å². The fourth-order valence-electron chi connectivity index (χ4n) is 1.44. The first-order valence-corrected chi connectivity index (χ1v) is 4.74. The number of morpholine rings is 1. The van der Waals surface area contributed by atoms with Crippen LogP contribution in [0.3, 0.4) is 0 Å². The number of rotatable bonds is 2. The van der Waals surface area contributed by atoms with Crippen LogP contribution >= 0.6 is 0 Å². The van der Waals surface area contributed by atoms with Gasteiger partial charge in [0.2, 0.25) is 0 Å². The molecule has 1 aliphatic heterocycles. The first-order chi connectivity index (χ1) is 6.90. The van der Waals surface area contributed by atoms with Gasteiger partial charge in [0.1, 0.15) is 5.82 Å². The highest BCUT2D eigenvalue weighted by atomic mass is 16.5. The van der Waals surface area contributed by atoms with Crippen molar-refractivity contribution in [3.8, 4) is 0 Å². The third kappa shape index (κ3) is 2.00. The first-order valence-electron chi connectivity index (χ1n) is 4.74. The van der Waals surface area contributed by atoms with Gasteiger partial charge in [-0.1, -0.05) is 0 Å². The zero-order chi connectivity index (χ0) is 9.80. The van der Waals surface area contributed by atoms with Gasteiger partial charge in [0.25, 0.3) is 0 Å². The molecule has 0 spiro atoms. The number of aromatic nitrogens is 2. The first kappa shape index (κ1) is 9.36. The number of hydrogen-bond acceptors (Lipinski definition) is 5. The molecule has 1 saturated heterocycles. The van der Waals surface area contributed by atoms with Crippen LogP contribution in [0.15, 0.2) is 12.4 Å². The minimum absolute atomic E-state index is 0.436. The van der Waals surface area contributed by atoms with E-state index in [1.54, 1.807) is 12.4 Å². The summed E-state index contributed by atoms with van der Waals surface area (Å²) in [7, 11) is 0. The normalized spacial score (nSPS) is 17.1. The minimum atomic E-state index is 0.436. The Bertz CT molecular complexity index is 299. The number of nitrogens with zero attached hydrogens (tertiary/aromatic N) is 3. The molecule has 0 aromatic carbocycles. The molecular weight excluding hydrogens is 180 g/mol.